The van der Waals surface area contributed by atoms with E-state index in [1.165, 1.54) is 24.8 Å². The zero-order valence-electron chi connectivity index (χ0n) is 12.4. The summed E-state index contributed by atoms with van der Waals surface area (Å²) in [6.07, 6.45) is 3.74. The maximum Gasteiger partial charge on any atom is 0.0866 e. The van der Waals surface area contributed by atoms with E-state index in [2.05, 4.69) is 53.5 Å². The van der Waals surface area contributed by atoms with Crippen LogP contribution >= 0.6 is 0 Å². The summed E-state index contributed by atoms with van der Waals surface area (Å²) in [4.78, 5) is 2.30. The molecule has 0 spiro atoms. The van der Waals surface area contributed by atoms with Gasteiger partial charge < -0.3 is 5.32 Å². The number of nitrogens with one attached hydrogen (secondary N) is 1. The molecule has 0 aromatic heterocycles. The lowest BCUT2D eigenvalue weighted by atomic mass is 9.90. The lowest BCUT2D eigenvalue weighted by Crippen LogP contribution is -2.49. The van der Waals surface area contributed by atoms with Crippen LogP contribution in [0.3, 0.4) is 0 Å². The van der Waals surface area contributed by atoms with Crippen molar-refractivity contribution in [3.63, 3.8) is 0 Å². The predicted octanol–water partition coefficient (Wildman–Crippen LogP) is 2.79. The Morgan fingerprint density at radius 3 is 2.80 bits per heavy atom. The van der Waals surface area contributed by atoms with Crippen LogP contribution in [0.15, 0.2) is 30.3 Å². The molecule has 1 fully saturated rings. The highest BCUT2D eigenvalue weighted by Crippen LogP contribution is 2.21. The van der Waals surface area contributed by atoms with Crippen molar-refractivity contribution in [2.75, 3.05) is 19.6 Å². The van der Waals surface area contributed by atoms with Gasteiger partial charge in [-0.3, -0.25) is 4.90 Å². The summed E-state index contributed by atoms with van der Waals surface area (Å²) >= 11 is 0. The van der Waals surface area contributed by atoms with Crippen LogP contribution in [0.25, 0.3) is 0 Å². The lowest BCUT2D eigenvalue weighted by Gasteiger charge is -2.37. The van der Waals surface area contributed by atoms with Gasteiger partial charge in [-0.05, 0) is 24.3 Å². The van der Waals surface area contributed by atoms with Crippen molar-refractivity contribution in [3.8, 4) is 6.07 Å². The number of nitriles is 1. The van der Waals surface area contributed by atoms with Gasteiger partial charge in [0.15, 0.2) is 0 Å². The maximum atomic E-state index is 8.92. The van der Waals surface area contributed by atoms with Gasteiger partial charge in [-0.25, -0.2) is 0 Å². The van der Waals surface area contributed by atoms with Crippen LogP contribution in [0, 0.1) is 17.2 Å². The molecule has 0 radical (unpaired) electrons. The monoisotopic (exact) mass is 271 g/mol. The smallest absolute Gasteiger partial charge is 0.0866 e. The van der Waals surface area contributed by atoms with Crippen LogP contribution in [-0.4, -0.2) is 30.6 Å². The topological polar surface area (TPSA) is 39.1 Å². The molecule has 2 atom stereocenters. The van der Waals surface area contributed by atoms with Crippen LogP contribution in [0.1, 0.15) is 31.7 Å². The number of hydrogen-bond acceptors (Lipinski definition) is 3. The first-order valence-electron chi connectivity index (χ1n) is 7.68. The normalized spacial score (nSPS) is 23.4. The highest BCUT2D eigenvalue weighted by atomic mass is 15.2. The molecule has 2 unspecified atom stereocenters. The second-order valence-corrected chi connectivity index (χ2v) is 5.81. The third kappa shape index (κ3) is 4.63. The van der Waals surface area contributed by atoms with Crippen molar-refractivity contribution in [1.29, 1.82) is 5.26 Å². The Morgan fingerprint density at radius 1 is 1.30 bits per heavy atom. The van der Waals surface area contributed by atoms with Crippen LogP contribution in [0.2, 0.25) is 0 Å². The largest absolute Gasteiger partial charge is 0.309 e. The third-order valence-electron chi connectivity index (χ3n) is 4.04. The summed E-state index contributed by atoms with van der Waals surface area (Å²) in [5.74, 6) is 0.732. The van der Waals surface area contributed by atoms with Gasteiger partial charge in [0.05, 0.1) is 12.6 Å². The van der Waals surface area contributed by atoms with Crippen molar-refractivity contribution < 1.29 is 0 Å². The number of piperidine rings is 1. The molecular weight excluding hydrogens is 246 g/mol. The van der Waals surface area contributed by atoms with Crippen LogP contribution in [-0.2, 0) is 6.54 Å². The minimum absolute atomic E-state index is 0.508. The molecule has 1 aromatic rings. The average molecular weight is 271 g/mol. The van der Waals surface area contributed by atoms with Gasteiger partial charge in [-0.15, -0.1) is 0 Å². The fourth-order valence-corrected chi connectivity index (χ4v) is 3.16. The summed E-state index contributed by atoms with van der Waals surface area (Å²) in [5.41, 5.74) is 1.33. The van der Waals surface area contributed by atoms with E-state index < -0.39 is 0 Å². The minimum Gasteiger partial charge on any atom is -0.309 e. The molecule has 1 heterocycles. The molecular formula is C17H25N3. The number of nitrogens with zero attached hydrogens (tertiary/aromatic N) is 2. The van der Waals surface area contributed by atoms with E-state index >= 15 is 0 Å². The molecule has 2 rings (SSSR count). The molecule has 0 bridgehead atoms. The Labute approximate surface area is 122 Å². The fraction of sp³-hybridized carbons (Fsp3) is 0.588. The van der Waals surface area contributed by atoms with Crippen LogP contribution in [0.5, 0.6) is 0 Å². The number of hydrogen-bond donors (Lipinski definition) is 1. The first-order valence-corrected chi connectivity index (χ1v) is 7.68. The van der Waals surface area contributed by atoms with Gasteiger partial charge in [0.1, 0.15) is 0 Å². The second kappa shape index (κ2) is 8.04. The molecule has 1 aliphatic rings. The molecule has 0 amide bonds. The number of rotatable bonds is 6. The van der Waals surface area contributed by atoms with E-state index in [0.29, 0.717) is 12.6 Å². The van der Waals surface area contributed by atoms with Gasteiger partial charge >= 0.3 is 0 Å². The highest BCUT2D eigenvalue weighted by Gasteiger charge is 2.26. The summed E-state index contributed by atoms with van der Waals surface area (Å²) in [6, 6.07) is 13.3. The second-order valence-electron chi connectivity index (χ2n) is 5.81. The van der Waals surface area contributed by atoms with Crippen LogP contribution < -0.4 is 5.32 Å². The van der Waals surface area contributed by atoms with E-state index in [9.17, 15) is 0 Å². The van der Waals surface area contributed by atoms with E-state index in [1.54, 1.807) is 0 Å². The van der Waals surface area contributed by atoms with E-state index in [0.717, 1.165) is 25.6 Å². The van der Waals surface area contributed by atoms with Crippen molar-refractivity contribution in [1.82, 2.24) is 10.2 Å². The van der Waals surface area contributed by atoms with Crippen molar-refractivity contribution in [2.24, 2.45) is 5.92 Å². The van der Waals surface area contributed by atoms with Crippen molar-refractivity contribution in [2.45, 2.75) is 38.8 Å². The Bertz CT molecular complexity index is 424. The molecule has 108 valence electrons. The molecule has 0 aliphatic carbocycles. The Kier molecular flexibility index (Phi) is 6.04. The Morgan fingerprint density at radius 2 is 2.10 bits per heavy atom. The van der Waals surface area contributed by atoms with Gasteiger partial charge in [0.25, 0.3) is 0 Å². The molecule has 1 aliphatic heterocycles. The number of likely N-dealkylation sites (tertiary alicyclic amines) is 1. The maximum absolute atomic E-state index is 8.92. The molecule has 1 aromatic carbocycles. The van der Waals surface area contributed by atoms with E-state index in [4.69, 9.17) is 5.26 Å². The minimum atomic E-state index is 0.508. The lowest BCUT2D eigenvalue weighted by molar-refractivity contribution is 0.148. The van der Waals surface area contributed by atoms with Gasteiger partial charge in [0, 0.05) is 25.7 Å². The zero-order chi connectivity index (χ0) is 14.2. The zero-order valence-corrected chi connectivity index (χ0v) is 12.4. The van der Waals surface area contributed by atoms with Gasteiger partial charge in [-0.2, -0.15) is 5.26 Å². The first kappa shape index (κ1) is 15.0. The van der Waals surface area contributed by atoms with Crippen LogP contribution in [0.4, 0.5) is 0 Å². The Balaban J connectivity index is 1.87. The molecule has 0 saturated carbocycles. The summed E-state index contributed by atoms with van der Waals surface area (Å²) in [7, 11) is 0. The number of benzene rings is 1. The molecule has 3 heteroatoms. The first-order chi connectivity index (χ1) is 9.81. The summed E-state index contributed by atoms with van der Waals surface area (Å²) in [5, 5.41) is 12.6. The molecule has 3 nitrogen and oxygen atoms in total. The third-order valence-corrected chi connectivity index (χ3v) is 4.04. The molecule has 20 heavy (non-hydrogen) atoms. The van der Waals surface area contributed by atoms with E-state index in [1.807, 2.05) is 0 Å². The van der Waals surface area contributed by atoms with Gasteiger partial charge in [-0.1, -0.05) is 43.7 Å². The molecule has 1 saturated heterocycles. The standard InChI is InChI=1S/C17H25N3/c1-2-6-16-11-17(14-20(13-16)10-9-18)19-12-15-7-4-3-5-8-15/h3-5,7-8,16-17,19H,2,6,10-14H2,1H3. The Hall–Kier alpha value is -1.37. The highest BCUT2D eigenvalue weighted by molar-refractivity contribution is 5.14. The van der Waals surface area contributed by atoms with Crippen molar-refractivity contribution in [3.05, 3.63) is 35.9 Å². The summed E-state index contributed by atoms with van der Waals surface area (Å²) in [6.45, 7) is 5.82. The van der Waals surface area contributed by atoms with Gasteiger partial charge in [0.2, 0.25) is 0 Å². The van der Waals surface area contributed by atoms with Crippen molar-refractivity contribution >= 4 is 0 Å². The van der Waals surface area contributed by atoms with E-state index in [-0.39, 0.29) is 0 Å². The quantitative estimate of drug-likeness (QED) is 0.809. The molecule has 1 N–H and O–H groups in total. The average Bonchev–Trinajstić information content (AvgIpc) is 2.47. The SMILES string of the molecule is CCCC1CC(NCc2ccccc2)CN(CC#N)C1. The predicted molar refractivity (Wildman–Crippen MR) is 82.1 cm³/mol. The fourth-order valence-electron chi connectivity index (χ4n) is 3.16. The summed E-state index contributed by atoms with van der Waals surface area (Å²) < 4.78 is 0.